The molecule has 1 spiro atoms. The highest BCUT2D eigenvalue weighted by atomic mass is 31.2. The number of phosphoric ester groups is 1. The van der Waals surface area contributed by atoms with E-state index in [2.05, 4.69) is 29.9 Å². The van der Waals surface area contributed by atoms with E-state index in [0.717, 1.165) is 6.33 Å². The van der Waals surface area contributed by atoms with Crippen molar-refractivity contribution in [1.82, 2.24) is 39.0 Å². The predicted molar refractivity (Wildman–Crippen MR) is 143 cm³/mol. The number of ether oxygens (including phenoxy) is 1. The van der Waals surface area contributed by atoms with E-state index in [1.54, 1.807) is 0 Å². The first-order valence-electron chi connectivity index (χ1n) is 13.3. The Morgan fingerprint density at radius 2 is 1.55 bits per heavy atom. The van der Waals surface area contributed by atoms with Gasteiger partial charge in [0.05, 0.1) is 31.9 Å². The summed E-state index contributed by atoms with van der Waals surface area (Å²) in [6.45, 7) is -1.45. The van der Waals surface area contributed by atoms with Crippen molar-refractivity contribution in [2.75, 3.05) is 24.7 Å². The highest BCUT2D eigenvalue weighted by molar-refractivity contribution is 7.53. The molecule has 18 nitrogen and oxygen atoms in total. The van der Waals surface area contributed by atoms with Crippen LogP contribution in [0.5, 0.6) is 0 Å². The van der Waals surface area contributed by atoms with Crippen LogP contribution in [-0.4, -0.2) is 92.2 Å². The van der Waals surface area contributed by atoms with Gasteiger partial charge in [0.2, 0.25) is 0 Å². The monoisotopic (exact) mass is 656 g/mol. The molecular weight excluding hydrogens is 632 g/mol. The lowest BCUT2D eigenvalue weighted by Crippen LogP contribution is -2.35. The third-order valence-corrected chi connectivity index (χ3v) is 11.8. The Morgan fingerprint density at radius 1 is 0.909 bits per heavy atom. The van der Waals surface area contributed by atoms with Gasteiger partial charge in [-0.25, -0.2) is 43.2 Å². The van der Waals surface area contributed by atoms with Crippen LogP contribution < -0.4 is 11.5 Å². The zero-order chi connectivity index (χ0) is 30.8. The third kappa shape index (κ3) is 3.99. The minimum atomic E-state index is -5.04. The lowest BCUT2D eigenvalue weighted by Gasteiger charge is -2.28. The number of nitrogens with two attached hydrogens (primary N) is 2. The molecule has 2 aliphatic carbocycles. The second kappa shape index (κ2) is 9.40. The molecule has 2 aliphatic heterocycles. The van der Waals surface area contributed by atoms with Crippen molar-refractivity contribution in [2.45, 2.75) is 48.9 Å². The van der Waals surface area contributed by atoms with Crippen LogP contribution in [0.15, 0.2) is 25.3 Å². The molecule has 0 bridgehead atoms. The van der Waals surface area contributed by atoms with Crippen LogP contribution in [0.1, 0.15) is 18.7 Å². The predicted octanol–water partition coefficient (Wildman–Crippen LogP) is 1.05. The molecule has 11 atom stereocenters. The molecule has 4 fully saturated rings. The fraction of sp³-hybridized carbons (Fsp3) is 0.545. The number of anilines is 2. The van der Waals surface area contributed by atoms with Crippen LogP contribution in [0.25, 0.3) is 22.3 Å². The average molecular weight is 656 g/mol. The molecule has 2 saturated carbocycles. The molecule has 3 unspecified atom stereocenters. The molecule has 0 radical (unpaired) electrons. The molecule has 4 aromatic heterocycles. The van der Waals surface area contributed by atoms with Gasteiger partial charge in [-0.2, -0.15) is 0 Å². The summed E-state index contributed by atoms with van der Waals surface area (Å²) in [5.41, 5.74) is 9.18. The van der Waals surface area contributed by atoms with Gasteiger partial charge < -0.3 is 35.1 Å². The number of imidazole rings is 2. The Hall–Kier alpha value is -3.22. The summed E-state index contributed by atoms with van der Waals surface area (Å²) >= 11 is 0. The quantitative estimate of drug-likeness (QED) is 0.220. The van der Waals surface area contributed by atoms with E-state index in [9.17, 15) is 18.9 Å². The lowest BCUT2D eigenvalue weighted by molar-refractivity contribution is -0.0416. The molecule has 4 aliphatic rings. The van der Waals surface area contributed by atoms with Gasteiger partial charge in [0, 0.05) is 5.41 Å². The maximum absolute atomic E-state index is 16.2. The number of halogens is 2. The smallest absolute Gasteiger partial charge is 0.382 e. The summed E-state index contributed by atoms with van der Waals surface area (Å²) in [6, 6.07) is -1.02. The molecular formula is C22H24F2N10O8P2. The number of aromatic nitrogens is 8. The third-order valence-electron chi connectivity index (χ3n) is 8.98. The van der Waals surface area contributed by atoms with E-state index >= 15 is 8.78 Å². The van der Waals surface area contributed by atoms with Crippen molar-refractivity contribution in [3.63, 3.8) is 0 Å². The average Bonchev–Trinajstić information content (AvgIpc) is 3.29. The van der Waals surface area contributed by atoms with Gasteiger partial charge >= 0.3 is 15.4 Å². The number of nitrogens with zero attached hydrogens (tertiary/aromatic N) is 8. The summed E-state index contributed by atoms with van der Waals surface area (Å²) < 4.78 is 83.7. The summed E-state index contributed by atoms with van der Waals surface area (Å²) in [7, 11) is -9.96. The summed E-state index contributed by atoms with van der Waals surface area (Å²) in [5, 5.41) is 0. The van der Waals surface area contributed by atoms with Crippen LogP contribution in [-0.2, 0) is 27.4 Å². The van der Waals surface area contributed by atoms with Crippen molar-refractivity contribution in [3.8, 4) is 0 Å². The van der Waals surface area contributed by atoms with Gasteiger partial charge in [-0.3, -0.25) is 18.2 Å². The molecule has 44 heavy (non-hydrogen) atoms. The Kier molecular flexibility index (Phi) is 6.04. The number of phosphoric acid groups is 1. The molecule has 22 heteroatoms. The van der Waals surface area contributed by atoms with Crippen LogP contribution in [0, 0.1) is 11.3 Å². The zero-order valence-corrected chi connectivity index (χ0v) is 24.1. The highest BCUT2D eigenvalue weighted by Gasteiger charge is 2.75. The Morgan fingerprint density at radius 3 is 2.23 bits per heavy atom. The Bertz CT molecular complexity index is 1910. The summed E-state index contributed by atoms with van der Waals surface area (Å²) in [4.78, 5) is 46.0. The van der Waals surface area contributed by atoms with E-state index < -0.39 is 82.4 Å². The molecule has 0 aromatic carbocycles. The maximum atomic E-state index is 16.2. The molecule has 8 rings (SSSR count). The highest BCUT2D eigenvalue weighted by Crippen LogP contribution is 2.73. The van der Waals surface area contributed by atoms with E-state index in [1.165, 1.54) is 28.1 Å². The molecule has 2 saturated heterocycles. The van der Waals surface area contributed by atoms with E-state index in [1.807, 2.05) is 0 Å². The van der Waals surface area contributed by atoms with Gasteiger partial charge in [-0.15, -0.1) is 0 Å². The van der Waals surface area contributed by atoms with Crippen molar-refractivity contribution in [1.29, 1.82) is 0 Å². The van der Waals surface area contributed by atoms with Gasteiger partial charge in [0.1, 0.15) is 47.7 Å². The van der Waals surface area contributed by atoms with Crippen LogP contribution in [0.2, 0.25) is 0 Å². The number of fused-ring (bicyclic) bond motifs is 3. The van der Waals surface area contributed by atoms with Gasteiger partial charge in [-0.05, 0) is 12.3 Å². The molecule has 6 N–H and O–H groups in total. The van der Waals surface area contributed by atoms with Crippen molar-refractivity contribution in [2.24, 2.45) is 11.3 Å². The second-order valence-electron chi connectivity index (χ2n) is 11.3. The maximum Gasteiger partial charge on any atom is 0.472 e. The normalized spacial score (nSPS) is 42.1. The number of alkyl halides is 2. The number of nitrogen functional groups attached to an aromatic ring is 2. The largest absolute Gasteiger partial charge is 0.472 e. The van der Waals surface area contributed by atoms with Crippen LogP contribution >= 0.6 is 15.4 Å². The van der Waals surface area contributed by atoms with Crippen molar-refractivity contribution < 1.29 is 46.0 Å². The van der Waals surface area contributed by atoms with Gasteiger partial charge in [0.25, 0.3) is 0 Å². The van der Waals surface area contributed by atoms with Crippen LogP contribution in [0.3, 0.4) is 0 Å². The summed E-state index contributed by atoms with van der Waals surface area (Å²) in [6.07, 6.45) is -3.86. The van der Waals surface area contributed by atoms with Crippen LogP contribution in [0.4, 0.5) is 20.4 Å². The molecule has 4 aromatic rings. The fourth-order valence-electron chi connectivity index (χ4n) is 6.86. The SMILES string of the molecule is Nc1ncnc2c1ncn2[C@H]1[C@H](F)[C@@H]2OP(=O)(O)OC[C@H]3O[C@@H](n4cnc5c(N)ncnc54)[C@H](F)[C@@H]3P(=O)(O)OCC23C[C@H]13. The number of rotatable bonds is 2. The second-order valence-corrected chi connectivity index (χ2v) is 14.7. The molecule has 6 heterocycles. The number of hydrogen-bond donors (Lipinski definition) is 4. The Balaban J connectivity index is 1.13. The van der Waals surface area contributed by atoms with Crippen molar-refractivity contribution >= 4 is 49.4 Å². The first-order valence-corrected chi connectivity index (χ1v) is 16.5. The van der Waals surface area contributed by atoms with Gasteiger partial charge in [-0.1, -0.05) is 0 Å². The summed E-state index contributed by atoms with van der Waals surface area (Å²) in [5.74, 6) is -0.517. The molecule has 0 amide bonds. The fourth-order valence-corrected chi connectivity index (χ4v) is 9.55. The number of hydrogen-bond acceptors (Lipinski definition) is 14. The van der Waals surface area contributed by atoms with E-state index in [-0.39, 0.29) is 40.4 Å². The minimum Gasteiger partial charge on any atom is -0.382 e. The van der Waals surface area contributed by atoms with E-state index in [4.69, 9.17) is 29.8 Å². The Labute approximate surface area is 244 Å². The molecule has 234 valence electrons. The standard InChI is InChI=1S/C22H24F2N10O8P2/c23-10-14(33-6-31-12-17(25)27-4-29-19(12)33)8-1-22(8)3-40-43(35,36)15-9(2-39-44(37,38)42-16(10)22)41-21(11(15)24)34-7-32-13-18(26)28-5-30-20(13)34/h4-11,14-16,21H,1-3H2,(H,35,36)(H,37,38)(H2,25,27,29)(H2,26,28,30)/t8-,9-,10+,11-,14-,15-,16+,21-,22?/m1/s1. The lowest BCUT2D eigenvalue weighted by atomic mass is 10.0. The minimum absolute atomic E-state index is 0.0173. The van der Waals surface area contributed by atoms with Gasteiger partial charge in [0.15, 0.2) is 35.3 Å². The van der Waals surface area contributed by atoms with Crippen molar-refractivity contribution in [3.05, 3.63) is 25.3 Å². The first kappa shape index (κ1) is 28.3. The first-order chi connectivity index (χ1) is 20.9. The zero-order valence-electron chi connectivity index (χ0n) is 22.3. The topological polar surface area (TPSA) is 251 Å². The van der Waals surface area contributed by atoms with E-state index in [0.29, 0.717) is 0 Å².